The fraction of sp³-hybridized carbons (Fsp3) is 0.533. The van der Waals surface area contributed by atoms with Crippen molar-refractivity contribution in [1.82, 2.24) is 10.0 Å². The Balaban J connectivity index is 2.21. The third kappa shape index (κ3) is 3.90. The maximum atomic E-state index is 12.5. The van der Waals surface area contributed by atoms with Crippen LogP contribution in [0.25, 0.3) is 0 Å². The molecule has 0 radical (unpaired) electrons. The minimum Gasteiger partial charge on any atom is -0.315 e. The predicted molar refractivity (Wildman–Crippen MR) is 81.8 cm³/mol. The Hall–Kier alpha value is -1.24. The normalized spacial score (nSPS) is 23.0. The number of hydrogen-bond donors (Lipinski definition) is 2. The molecule has 1 fully saturated rings. The Morgan fingerprint density at radius 2 is 2.19 bits per heavy atom. The van der Waals surface area contributed by atoms with Crippen LogP contribution >= 0.6 is 0 Å². The van der Waals surface area contributed by atoms with Gasteiger partial charge in [-0.25, -0.2) is 13.1 Å². The van der Waals surface area contributed by atoms with E-state index < -0.39 is 10.0 Å². The number of piperidine rings is 1. The van der Waals surface area contributed by atoms with Gasteiger partial charge in [0.05, 0.1) is 4.90 Å². The fourth-order valence-corrected chi connectivity index (χ4v) is 3.85. The number of rotatable bonds is 5. The highest BCUT2D eigenvalue weighted by Gasteiger charge is 2.26. The van der Waals surface area contributed by atoms with Crippen molar-refractivity contribution >= 4 is 15.8 Å². The van der Waals surface area contributed by atoms with Gasteiger partial charge in [0, 0.05) is 24.6 Å². The van der Waals surface area contributed by atoms with Gasteiger partial charge in [-0.1, -0.05) is 26.0 Å². The van der Waals surface area contributed by atoms with Crippen molar-refractivity contribution in [1.29, 1.82) is 0 Å². The molecule has 2 unspecified atom stereocenters. The molecule has 0 bridgehead atoms. The van der Waals surface area contributed by atoms with E-state index >= 15 is 0 Å². The van der Waals surface area contributed by atoms with Crippen LogP contribution in [0.4, 0.5) is 0 Å². The molecule has 2 rings (SSSR count). The molecule has 1 aliphatic heterocycles. The molecule has 116 valence electrons. The highest BCUT2D eigenvalue weighted by Crippen LogP contribution is 2.17. The Morgan fingerprint density at radius 1 is 1.43 bits per heavy atom. The van der Waals surface area contributed by atoms with E-state index in [-0.39, 0.29) is 16.7 Å². The summed E-state index contributed by atoms with van der Waals surface area (Å²) in [7, 11) is -3.60. The van der Waals surface area contributed by atoms with Gasteiger partial charge in [-0.15, -0.1) is 0 Å². The van der Waals surface area contributed by atoms with Crippen LogP contribution in [-0.2, 0) is 10.0 Å². The third-order valence-corrected chi connectivity index (χ3v) is 5.41. The van der Waals surface area contributed by atoms with Crippen molar-refractivity contribution < 1.29 is 13.2 Å². The van der Waals surface area contributed by atoms with Crippen molar-refractivity contribution in [2.45, 2.75) is 37.6 Å². The summed E-state index contributed by atoms with van der Waals surface area (Å²) in [4.78, 5) is 11.9. The average molecular weight is 310 g/mol. The smallest absolute Gasteiger partial charge is 0.240 e. The van der Waals surface area contributed by atoms with E-state index in [0.29, 0.717) is 24.4 Å². The van der Waals surface area contributed by atoms with Gasteiger partial charge in [-0.3, -0.25) is 4.79 Å². The van der Waals surface area contributed by atoms with Crippen LogP contribution < -0.4 is 10.0 Å². The first-order chi connectivity index (χ1) is 9.94. The summed E-state index contributed by atoms with van der Waals surface area (Å²) in [5.41, 5.74) is 0.440. The van der Waals surface area contributed by atoms with Crippen LogP contribution in [0, 0.1) is 5.92 Å². The van der Waals surface area contributed by atoms with Crippen LogP contribution in [0.1, 0.15) is 37.0 Å². The summed E-state index contributed by atoms with van der Waals surface area (Å²) in [6.45, 7) is 5.36. The lowest BCUT2D eigenvalue weighted by Crippen LogP contribution is -2.50. The molecule has 1 aliphatic rings. The Bertz CT molecular complexity index is 613. The molecule has 0 saturated carbocycles. The molecular weight excluding hydrogens is 288 g/mol. The Kier molecular flexibility index (Phi) is 5.13. The molecule has 2 atom stereocenters. The van der Waals surface area contributed by atoms with E-state index in [4.69, 9.17) is 0 Å². The van der Waals surface area contributed by atoms with Gasteiger partial charge >= 0.3 is 0 Å². The molecule has 0 aliphatic carbocycles. The summed E-state index contributed by atoms with van der Waals surface area (Å²) < 4.78 is 27.7. The number of sulfonamides is 1. The molecule has 21 heavy (non-hydrogen) atoms. The minimum atomic E-state index is -3.60. The van der Waals surface area contributed by atoms with Gasteiger partial charge < -0.3 is 5.32 Å². The van der Waals surface area contributed by atoms with Crippen LogP contribution in [0.15, 0.2) is 29.2 Å². The molecule has 1 aromatic rings. The number of ketones is 1. The van der Waals surface area contributed by atoms with E-state index in [9.17, 15) is 13.2 Å². The van der Waals surface area contributed by atoms with Crippen molar-refractivity contribution in [2.75, 3.05) is 13.1 Å². The first-order valence-corrected chi connectivity index (χ1v) is 8.78. The monoisotopic (exact) mass is 310 g/mol. The highest BCUT2D eigenvalue weighted by molar-refractivity contribution is 7.89. The van der Waals surface area contributed by atoms with Crippen LogP contribution in [0.3, 0.4) is 0 Å². The second-order valence-electron chi connectivity index (χ2n) is 5.50. The third-order valence-electron chi connectivity index (χ3n) is 3.92. The highest BCUT2D eigenvalue weighted by atomic mass is 32.2. The van der Waals surface area contributed by atoms with Crippen LogP contribution in [0.2, 0.25) is 0 Å². The summed E-state index contributed by atoms with van der Waals surface area (Å²) in [6, 6.07) is 6.12. The van der Waals surface area contributed by atoms with Gasteiger partial charge in [0.1, 0.15) is 0 Å². The number of Topliss-reactive ketones (excluding diaryl/α,β-unsaturated/α-hetero) is 1. The van der Waals surface area contributed by atoms with Crippen LogP contribution in [0.5, 0.6) is 0 Å². The molecule has 1 heterocycles. The average Bonchev–Trinajstić information content (AvgIpc) is 2.49. The predicted octanol–water partition coefficient (Wildman–Crippen LogP) is 1.56. The lowest BCUT2D eigenvalue weighted by Gasteiger charge is -2.30. The fourth-order valence-electron chi connectivity index (χ4n) is 2.46. The minimum absolute atomic E-state index is 0.0558. The number of nitrogens with one attached hydrogen (secondary N) is 2. The van der Waals surface area contributed by atoms with Gasteiger partial charge in [0.2, 0.25) is 10.0 Å². The lowest BCUT2D eigenvalue weighted by molar-refractivity contribution is 0.0988. The lowest BCUT2D eigenvalue weighted by atomic mass is 9.96. The zero-order valence-electron chi connectivity index (χ0n) is 12.4. The van der Waals surface area contributed by atoms with Gasteiger partial charge in [0.15, 0.2) is 5.78 Å². The molecule has 0 aromatic heterocycles. The maximum Gasteiger partial charge on any atom is 0.240 e. The number of hydrogen-bond acceptors (Lipinski definition) is 4. The molecule has 6 heteroatoms. The number of benzene rings is 1. The second-order valence-corrected chi connectivity index (χ2v) is 7.22. The topological polar surface area (TPSA) is 75.3 Å². The van der Waals surface area contributed by atoms with Gasteiger partial charge in [-0.05, 0) is 31.0 Å². The summed E-state index contributed by atoms with van der Waals surface area (Å²) in [5, 5.41) is 3.20. The second kappa shape index (κ2) is 6.68. The SMILES string of the molecule is CCC(=O)c1cccc(S(=O)(=O)NC2CNCCC2C)c1. The molecule has 1 aromatic carbocycles. The molecule has 1 saturated heterocycles. The molecule has 0 spiro atoms. The zero-order chi connectivity index (χ0) is 15.5. The molecular formula is C15H22N2O3S. The van der Waals surface area contributed by atoms with Gasteiger partial charge in [-0.2, -0.15) is 0 Å². The maximum absolute atomic E-state index is 12.5. The first kappa shape index (κ1) is 16.1. The van der Waals surface area contributed by atoms with E-state index in [2.05, 4.69) is 10.0 Å². The summed E-state index contributed by atoms with van der Waals surface area (Å²) in [6.07, 6.45) is 1.31. The molecule has 0 amide bonds. The molecule has 5 nitrogen and oxygen atoms in total. The summed E-state index contributed by atoms with van der Waals surface area (Å²) in [5.74, 6) is 0.237. The van der Waals surface area contributed by atoms with Crippen molar-refractivity contribution in [3.05, 3.63) is 29.8 Å². The Labute approximate surface area is 126 Å². The number of carbonyl (C=O) groups excluding carboxylic acids is 1. The largest absolute Gasteiger partial charge is 0.315 e. The first-order valence-electron chi connectivity index (χ1n) is 7.30. The van der Waals surface area contributed by atoms with E-state index in [1.165, 1.54) is 12.1 Å². The zero-order valence-corrected chi connectivity index (χ0v) is 13.2. The van der Waals surface area contributed by atoms with Crippen molar-refractivity contribution in [2.24, 2.45) is 5.92 Å². The van der Waals surface area contributed by atoms with E-state index in [1.54, 1.807) is 19.1 Å². The van der Waals surface area contributed by atoms with Gasteiger partial charge in [0.25, 0.3) is 0 Å². The van der Waals surface area contributed by atoms with Crippen molar-refractivity contribution in [3.63, 3.8) is 0 Å². The molecule has 2 N–H and O–H groups in total. The quantitative estimate of drug-likeness (QED) is 0.809. The van der Waals surface area contributed by atoms with E-state index in [1.807, 2.05) is 6.92 Å². The Morgan fingerprint density at radius 3 is 2.86 bits per heavy atom. The van der Waals surface area contributed by atoms with Crippen molar-refractivity contribution in [3.8, 4) is 0 Å². The van der Waals surface area contributed by atoms with Crippen LogP contribution in [-0.4, -0.2) is 33.3 Å². The van der Waals surface area contributed by atoms with E-state index in [0.717, 1.165) is 13.0 Å². The standard InChI is InChI=1S/C15H22N2O3S/c1-3-15(18)12-5-4-6-13(9-12)21(19,20)17-14-10-16-8-7-11(14)2/h4-6,9,11,14,16-17H,3,7-8,10H2,1-2H3. The summed E-state index contributed by atoms with van der Waals surface area (Å²) >= 11 is 0. The number of carbonyl (C=O) groups is 1.